The van der Waals surface area contributed by atoms with E-state index in [1.54, 1.807) is 0 Å². The number of nitrogens with zero attached hydrogens (tertiary/aromatic N) is 1. The van der Waals surface area contributed by atoms with Crippen molar-refractivity contribution in [3.63, 3.8) is 0 Å². The third-order valence-electron chi connectivity index (χ3n) is 1.89. The molecule has 0 heterocycles. The molecule has 0 spiro atoms. The van der Waals surface area contributed by atoms with Crippen LogP contribution in [0.3, 0.4) is 0 Å². The van der Waals surface area contributed by atoms with Crippen LogP contribution in [0.5, 0.6) is 0 Å². The number of nitro groups is 1. The second-order valence-corrected chi connectivity index (χ2v) is 3.25. The van der Waals surface area contributed by atoms with Crippen molar-refractivity contribution >= 4 is 23.1 Å². The van der Waals surface area contributed by atoms with Crippen molar-refractivity contribution in [3.8, 4) is 11.8 Å². The number of alkyl halides is 1. The second kappa shape index (κ2) is 5.29. The molecule has 5 heteroatoms. The van der Waals surface area contributed by atoms with E-state index >= 15 is 0 Å². The van der Waals surface area contributed by atoms with E-state index in [4.69, 9.17) is 11.6 Å². The van der Waals surface area contributed by atoms with Gasteiger partial charge >= 0.3 is 0 Å². The van der Waals surface area contributed by atoms with Gasteiger partial charge in [0.05, 0.1) is 10.8 Å². The van der Waals surface area contributed by atoms with Crippen LogP contribution in [0.15, 0.2) is 18.2 Å². The molecule has 1 aromatic carbocycles. The molecule has 16 heavy (non-hydrogen) atoms. The van der Waals surface area contributed by atoms with Gasteiger partial charge in [0.2, 0.25) is 0 Å². The van der Waals surface area contributed by atoms with E-state index < -0.39 is 4.92 Å². The zero-order valence-corrected chi connectivity index (χ0v) is 9.25. The Morgan fingerprint density at radius 1 is 1.56 bits per heavy atom. The maximum Gasteiger partial charge on any atom is 0.285 e. The summed E-state index contributed by atoms with van der Waals surface area (Å²) in [7, 11) is 0. The second-order valence-electron chi connectivity index (χ2n) is 2.98. The molecule has 0 N–H and O–H groups in total. The molecule has 0 fully saturated rings. The van der Waals surface area contributed by atoms with E-state index in [2.05, 4.69) is 11.8 Å². The van der Waals surface area contributed by atoms with Gasteiger partial charge in [-0.1, -0.05) is 11.8 Å². The maximum absolute atomic E-state index is 11.1. The third-order valence-corrected chi connectivity index (χ3v) is 2.02. The average Bonchev–Trinajstić information content (AvgIpc) is 2.25. The van der Waals surface area contributed by atoms with Crippen molar-refractivity contribution in [2.75, 3.05) is 5.88 Å². The van der Waals surface area contributed by atoms with Crippen molar-refractivity contribution in [3.05, 3.63) is 39.4 Å². The van der Waals surface area contributed by atoms with Gasteiger partial charge in [0.15, 0.2) is 5.78 Å². The summed E-state index contributed by atoms with van der Waals surface area (Å²) in [4.78, 5) is 21.3. The fraction of sp³-hybridized carbons (Fsp3) is 0.182. The summed E-state index contributed by atoms with van der Waals surface area (Å²) in [5.74, 6) is 4.99. The normalized spacial score (nSPS) is 9.12. The number of nitro benzene ring substituents is 1. The minimum Gasteiger partial charge on any atom is -0.295 e. The SMILES string of the molecule is CC(=O)c1ccc(C#CCCl)c([N+](=O)[O-])c1. The molecule has 0 aliphatic rings. The number of carbonyl (C=O) groups excluding carboxylic acids is 1. The lowest BCUT2D eigenvalue weighted by molar-refractivity contribution is -0.385. The number of ketones is 1. The minimum atomic E-state index is -0.565. The predicted octanol–water partition coefficient (Wildman–Crippen LogP) is 2.39. The Morgan fingerprint density at radius 2 is 2.25 bits per heavy atom. The topological polar surface area (TPSA) is 60.2 Å². The molecule has 0 aliphatic heterocycles. The van der Waals surface area contributed by atoms with Crippen LogP contribution in [0.25, 0.3) is 0 Å². The zero-order valence-electron chi connectivity index (χ0n) is 8.49. The van der Waals surface area contributed by atoms with Crippen molar-refractivity contribution in [2.24, 2.45) is 0 Å². The largest absolute Gasteiger partial charge is 0.295 e. The van der Waals surface area contributed by atoms with Gasteiger partial charge in [0, 0.05) is 11.6 Å². The highest BCUT2D eigenvalue weighted by molar-refractivity contribution is 6.19. The van der Waals surface area contributed by atoms with Crippen LogP contribution in [0.4, 0.5) is 5.69 Å². The lowest BCUT2D eigenvalue weighted by Crippen LogP contribution is -1.97. The van der Waals surface area contributed by atoms with Gasteiger partial charge in [-0.15, -0.1) is 11.6 Å². The van der Waals surface area contributed by atoms with Gasteiger partial charge in [-0.25, -0.2) is 0 Å². The summed E-state index contributed by atoms with van der Waals surface area (Å²) in [5, 5.41) is 10.8. The Morgan fingerprint density at radius 3 is 2.75 bits per heavy atom. The summed E-state index contributed by atoms with van der Waals surface area (Å²) < 4.78 is 0. The minimum absolute atomic E-state index is 0.103. The van der Waals surface area contributed by atoms with Gasteiger partial charge in [-0.3, -0.25) is 14.9 Å². The smallest absolute Gasteiger partial charge is 0.285 e. The van der Waals surface area contributed by atoms with E-state index in [0.717, 1.165) is 0 Å². The molecule has 0 aromatic heterocycles. The van der Waals surface area contributed by atoms with E-state index in [1.165, 1.54) is 25.1 Å². The van der Waals surface area contributed by atoms with Crippen LogP contribution >= 0.6 is 11.6 Å². The molecular formula is C11H8ClNO3. The van der Waals surface area contributed by atoms with Gasteiger partial charge in [-0.2, -0.15) is 0 Å². The molecule has 0 amide bonds. The molecule has 0 atom stereocenters. The van der Waals surface area contributed by atoms with Crippen molar-refractivity contribution in [2.45, 2.75) is 6.92 Å². The van der Waals surface area contributed by atoms with E-state index in [0.29, 0.717) is 5.56 Å². The molecular weight excluding hydrogens is 230 g/mol. The van der Waals surface area contributed by atoms with Crippen molar-refractivity contribution in [1.29, 1.82) is 0 Å². The highest BCUT2D eigenvalue weighted by atomic mass is 35.5. The van der Waals surface area contributed by atoms with Crippen molar-refractivity contribution < 1.29 is 9.72 Å². The van der Waals surface area contributed by atoms with Gasteiger partial charge in [0.1, 0.15) is 5.56 Å². The van der Waals surface area contributed by atoms with Crippen LogP contribution in [-0.4, -0.2) is 16.6 Å². The molecule has 82 valence electrons. The lowest BCUT2D eigenvalue weighted by atomic mass is 10.1. The van der Waals surface area contributed by atoms with Crippen LogP contribution in [0, 0.1) is 22.0 Å². The molecule has 0 saturated carbocycles. The van der Waals surface area contributed by atoms with Gasteiger partial charge < -0.3 is 0 Å². The summed E-state index contributed by atoms with van der Waals surface area (Å²) in [6, 6.07) is 4.18. The first-order chi connectivity index (χ1) is 7.56. The first-order valence-electron chi connectivity index (χ1n) is 4.40. The number of rotatable bonds is 2. The van der Waals surface area contributed by atoms with E-state index in [1.807, 2.05) is 0 Å². The Kier molecular flexibility index (Phi) is 4.03. The molecule has 0 aliphatic carbocycles. The molecule has 0 radical (unpaired) electrons. The molecule has 1 rings (SSSR count). The average molecular weight is 238 g/mol. The summed E-state index contributed by atoms with van der Waals surface area (Å²) in [6.07, 6.45) is 0. The van der Waals surface area contributed by atoms with E-state index in [9.17, 15) is 14.9 Å². The summed E-state index contributed by atoms with van der Waals surface area (Å²) in [6.45, 7) is 1.35. The lowest BCUT2D eigenvalue weighted by Gasteiger charge is -1.98. The zero-order chi connectivity index (χ0) is 12.1. The first kappa shape index (κ1) is 12.2. The van der Waals surface area contributed by atoms with Crippen LogP contribution in [0.2, 0.25) is 0 Å². The van der Waals surface area contributed by atoms with Crippen LogP contribution < -0.4 is 0 Å². The number of hydrogen-bond donors (Lipinski definition) is 0. The first-order valence-corrected chi connectivity index (χ1v) is 4.94. The summed E-state index contributed by atoms with van der Waals surface area (Å²) >= 11 is 5.37. The molecule has 0 unspecified atom stereocenters. The number of carbonyl (C=O) groups is 1. The third kappa shape index (κ3) is 2.81. The van der Waals surface area contributed by atoms with Crippen LogP contribution in [0.1, 0.15) is 22.8 Å². The molecule has 1 aromatic rings. The Bertz CT molecular complexity index is 500. The standard InChI is InChI=1S/C11H8ClNO3/c1-8(14)10-5-4-9(3-2-6-12)11(7-10)13(15)16/h4-5,7H,6H2,1H3. The highest BCUT2D eigenvalue weighted by Crippen LogP contribution is 2.19. The fourth-order valence-corrected chi connectivity index (χ4v) is 1.20. The summed E-state index contributed by atoms with van der Waals surface area (Å²) in [5.41, 5.74) is 0.379. The monoisotopic (exact) mass is 237 g/mol. The van der Waals surface area contributed by atoms with Crippen molar-refractivity contribution in [1.82, 2.24) is 0 Å². The Hall–Kier alpha value is -1.86. The number of benzene rings is 1. The molecule has 0 saturated heterocycles. The fourth-order valence-electron chi connectivity index (χ4n) is 1.14. The Balaban J connectivity index is 3.30. The van der Waals surface area contributed by atoms with E-state index in [-0.39, 0.29) is 22.9 Å². The van der Waals surface area contributed by atoms with Gasteiger partial charge in [-0.05, 0) is 19.1 Å². The number of Topliss-reactive ketones (excluding diaryl/α,β-unsaturated/α-hetero) is 1. The predicted molar refractivity (Wildman–Crippen MR) is 60.7 cm³/mol. The number of hydrogen-bond acceptors (Lipinski definition) is 3. The number of halogens is 1. The maximum atomic E-state index is 11.1. The Labute approximate surface area is 97.4 Å². The molecule has 4 nitrogen and oxygen atoms in total. The highest BCUT2D eigenvalue weighted by Gasteiger charge is 2.14. The molecule has 0 bridgehead atoms. The quantitative estimate of drug-likeness (QED) is 0.261. The van der Waals surface area contributed by atoms with Gasteiger partial charge in [0.25, 0.3) is 5.69 Å². The van der Waals surface area contributed by atoms with Crippen LogP contribution in [-0.2, 0) is 0 Å².